The van der Waals surface area contributed by atoms with Crippen LogP contribution in [-0.4, -0.2) is 42.9 Å². The van der Waals surface area contributed by atoms with Gasteiger partial charge in [-0.3, -0.25) is 0 Å². The number of rotatable bonds is 6. The third-order valence-electron chi connectivity index (χ3n) is 3.75. The molecule has 3 rings (SSSR count). The topological polar surface area (TPSA) is 79.6 Å². The van der Waals surface area contributed by atoms with E-state index >= 15 is 0 Å². The van der Waals surface area contributed by atoms with E-state index in [1.807, 2.05) is 29.5 Å². The smallest absolute Gasteiger partial charge is 0.240 e. The Hall–Kier alpha value is -2.45. The molecule has 0 bridgehead atoms. The van der Waals surface area contributed by atoms with Gasteiger partial charge in [-0.05, 0) is 19.1 Å². The number of hydrogen-bond donors (Lipinski definition) is 1. The summed E-state index contributed by atoms with van der Waals surface area (Å²) < 4.78 is 29.0. The molecule has 3 aromatic rings. The molecule has 0 aliphatic carbocycles. The van der Waals surface area contributed by atoms with Crippen molar-refractivity contribution in [3.8, 4) is 0 Å². The molecule has 2 aromatic heterocycles. The van der Waals surface area contributed by atoms with Gasteiger partial charge in [-0.1, -0.05) is 17.7 Å². The third-order valence-corrected chi connectivity index (χ3v) is 5.23. The van der Waals surface area contributed by atoms with Gasteiger partial charge in [0, 0.05) is 32.5 Å². The molecule has 24 heavy (non-hydrogen) atoms. The maximum absolute atomic E-state index is 12.3. The number of fused-ring (bicyclic) bond motifs is 1. The van der Waals surface area contributed by atoms with Gasteiger partial charge in [0.15, 0.2) is 5.82 Å². The standard InChI is InChI=1S/C16H19N5O2S/c1-13-3-5-14(6-4-13)24(22,23)19-8-9-20(2)16-15-11-17-12-21(15)10-7-18-16/h3-7,10-12,19H,8-9H2,1-2H3. The summed E-state index contributed by atoms with van der Waals surface area (Å²) in [6.07, 6.45) is 6.94. The summed E-state index contributed by atoms with van der Waals surface area (Å²) in [6.45, 7) is 2.69. The van der Waals surface area contributed by atoms with Gasteiger partial charge in [-0.2, -0.15) is 0 Å². The zero-order valence-corrected chi connectivity index (χ0v) is 14.4. The highest BCUT2D eigenvalue weighted by Gasteiger charge is 2.14. The molecule has 0 atom stereocenters. The lowest BCUT2D eigenvalue weighted by atomic mass is 10.2. The van der Waals surface area contributed by atoms with Gasteiger partial charge in [-0.15, -0.1) is 0 Å². The molecule has 0 aliphatic heterocycles. The van der Waals surface area contributed by atoms with E-state index in [4.69, 9.17) is 0 Å². The Kier molecular flexibility index (Phi) is 4.50. The van der Waals surface area contributed by atoms with Crippen LogP contribution < -0.4 is 9.62 Å². The number of likely N-dealkylation sites (N-methyl/N-ethyl adjacent to an activating group) is 1. The van der Waals surface area contributed by atoms with Crippen LogP contribution in [0.5, 0.6) is 0 Å². The van der Waals surface area contributed by atoms with E-state index in [2.05, 4.69) is 14.7 Å². The fraction of sp³-hybridized carbons (Fsp3) is 0.250. The molecule has 1 aromatic carbocycles. The normalized spacial score (nSPS) is 11.8. The van der Waals surface area contributed by atoms with Crippen molar-refractivity contribution in [2.24, 2.45) is 0 Å². The number of anilines is 1. The van der Waals surface area contributed by atoms with Gasteiger partial charge < -0.3 is 9.30 Å². The predicted octanol–water partition coefficient (Wildman–Crippen LogP) is 1.45. The van der Waals surface area contributed by atoms with Crippen LogP contribution in [0.25, 0.3) is 5.52 Å². The molecule has 0 fully saturated rings. The lowest BCUT2D eigenvalue weighted by Crippen LogP contribution is -2.33. The number of hydrogen-bond acceptors (Lipinski definition) is 5. The molecule has 1 N–H and O–H groups in total. The summed E-state index contributed by atoms with van der Waals surface area (Å²) in [6, 6.07) is 6.78. The molecule has 0 unspecified atom stereocenters. The summed E-state index contributed by atoms with van der Waals surface area (Å²) in [4.78, 5) is 10.6. The van der Waals surface area contributed by atoms with E-state index in [-0.39, 0.29) is 11.4 Å². The molecule has 0 aliphatic rings. The van der Waals surface area contributed by atoms with Crippen LogP contribution in [0.2, 0.25) is 0 Å². The van der Waals surface area contributed by atoms with Crippen LogP contribution in [0.3, 0.4) is 0 Å². The van der Waals surface area contributed by atoms with Crippen LogP contribution in [0.4, 0.5) is 5.82 Å². The third kappa shape index (κ3) is 3.39. The number of aryl methyl sites for hydroxylation is 1. The van der Waals surface area contributed by atoms with Gasteiger partial charge in [0.2, 0.25) is 10.0 Å². The van der Waals surface area contributed by atoms with Crippen molar-refractivity contribution < 1.29 is 8.42 Å². The fourth-order valence-electron chi connectivity index (χ4n) is 2.39. The summed E-state index contributed by atoms with van der Waals surface area (Å²) in [5, 5.41) is 0. The zero-order valence-electron chi connectivity index (χ0n) is 13.5. The zero-order chi connectivity index (χ0) is 17.2. The molecular formula is C16H19N5O2S. The molecule has 0 spiro atoms. The van der Waals surface area contributed by atoms with Gasteiger partial charge >= 0.3 is 0 Å². The quantitative estimate of drug-likeness (QED) is 0.731. The average Bonchev–Trinajstić information content (AvgIpc) is 3.03. The minimum Gasteiger partial charge on any atom is -0.357 e. The minimum atomic E-state index is -3.50. The molecule has 0 saturated carbocycles. The van der Waals surface area contributed by atoms with E-state index in [0.717, 1.165) is 16.9 Å². The summed E-state index contributed by atoms with van der Waals surface area (Å²) in [5.41, 5.74) is 1.90. The lowest BCUT2D eigenvalue weighted by Gasteiger charge is -2.19. The van der Waals surface area contributed by atoms with Crippen molar-refractivity contribution >= 4 is 21.4 Å². The monoisotopic (exact) mass is 345 g/mol. The van der Waals surface area contributed by atoms with Crippen molar-refractivity contribution in [1.29, 1.82) is 0 Å². The molecule has 0 radical (unpaired) electrons. The highest BCUT2D eigenvalue weighted by atomic mass is 32.2. The van der Waals surface area contributed by atoms with Crippen molar-refractivity contribution in [2.45, 2.75) is 11.8 Å². The van der Waals surface area contributed by atoms with Gasteiger partial charge in [-0.25, -0.2) is 23.1 Å². The van der Waals surface area contributed by atoms with Crippen LogP contribution in [-0.2, 0) is 10.0 Å². The Balaban J connectivity index is 1.65. The van der Waals surface area contributed by atoms with Gasteiger partial charge in [0.1, 0.15) is 5.52 Å². The highest BCUT2D eigenvalue weighted by Crippen LogP contribution is 2.16. The number of sulfonamides is 1. The lowest BCUT2D eigenvalue weighted by molar-refractivity contribution is 0.581. The highest BCUT2D eigenvalue weighted by molar-refractivity contribution is 7.89. The van der Waals surface area contributed by atoms with Crippen molar-refractivity contribution in [3.05, 3.63) is 54.7 Å². The second-order valence-corrected chi connectivity index (χ2v) is 7.34. The van der Waals surface area contributed by atoms with Crippen molar-refractivity contribution in [1.82, 2.24) is 19.1 Å². The summed E-state index contributed by atoms with van der Waals surface area (Å²) in [5.74, 6) is 0.754. The van der Waals surface area contributed by atoms with Crippen molar-refractivity contribution in [3.63, 3.8) is 0 Å². The van der Waals surface area contributed by atoms with E-state index in [0.29, 0.717) is 6.54 Å². The molecule has 0 saturated heterocycles. The Morgan fingerprint density at radius 1 is 1.25 bits per heavy atom. The summed E-state index contributed by atoms with van der Waals surface area (Å²) in [7, 11) is -1.63. The van der Waals surface area contributed by atoms with Crippen LogP contribution >= 0.6 is 0 Å². The number of aromatic nitrogens is 3. The van der Waals surface area contributed by atoms with Gasteiger partial charge in [0.25, 0.3) is 0 Å². The first-order valence-corrected chi connectivity index (χ1v) is 9.00. The SMILES string of the molecule is Cc1ccc(S(=O)(=O)NCCN(C)c2nccn3cncc23)cc1. The van der Waals surface area contributed by atoms with E-state index < -0.39 is 10.0 Å². The molecule has 2 heterocycles. The van der Waals surface area contributed by atoms with E-state index in [9.17, 15) is 8.42 Å². The Bertz CT molecular complexity index is 935. The molecule has 7 nitrogen and oxygen atoms in total. The molecule has 0 amide bonds. The Morgan fingerprint density at radius 2 is 2.00 bits per heavy atom. The Labute approximate surface area is 141 Å². The fourth-order valence-corrected chi connectivity index (χ4v) is 3.41. The first-order chi connectivity index (χ1) is 11.5. The van der Waals surface area contributed by atoms with Crippen molar-refractivity contribution in [2.75, 3.05) is 25.0 Å². The number of nitrogens with zero attached hydrogens (tertiary/aromatic N) is 4. The largest absolute Gasteiger partial charge is 0.357 e. The van der Waals surface area contributed by atoms with Crippen LogP contribution in [0.1, 0.15) is 5.56 Å². The maximum Gasteiger partial charge on any atom is 0.240 e. The summed E-state index contributed by atoms with van der Waals surface area (Å²) >= 11 is 0. The van der Waals surface area contributed by atoms with Gasteiger partial charge in [0.05, 0.1) is 17.4 Å². The average molecular weight is 345 g/mol. The number of benzene rings is 1. The number of nitrogens with one attached hydrogen (secondary N) is 1. The molecule has 126 valence electrons. The number of imidazole rings is 1. The first-order valence-electron chi connectivity index (χ1n) is 7.51. The first kappa shape index (κ1) is 16.4. The minimum absolute atomic E-state index is 0.270. The van der Waals surface area contributed by atoms with E-state index in [1.54, 1.807) is 43.0 Å². The molecular weight excluding hydrogens is 326 g/mol. The van der Waals surface area contributed by atoms with E-state index in [1.165, 1.54) is 0 Å². The van der Waals surface area contributed by atoms with Crippen LogP contribution in [0, 0.1) is 6.92 Å². The predicted molar refractivity (Wildman–Crippen MR) is 92.6 cm³/mol. The Morgan fingerprint density at radius 3 is 2.75 bits per heavy atom. The van der Waals surface area contributed by atoms with Crippen LogP contribution in [0.15, 0.2) is 54.1 Å². The second kappa shape index (κ2) is 6.58. The molecule has 8 heteroatoms. The maximum atomic E-state index is 12.3. The second-order valence-electron chi connectivity index (χ2n) is 5.57.